The van der Waals surface area contributed by atoms with Gasteiger partial charge in [0.2, 0.25) is 5.91 Å². The molecule has 0 radical (unpaired) electrons. The predicted molar refractivity (Wildman–Crippen MR) is 123 cm³/mol. The number of carbonyl (C=O) groups excluding carboxylic acids is 1. The SMILES string of the molecule is COc1cccc(NC(=O)[C@H](C)N2CCN(c3ccc([N+](=O)[O-])c4cnccc34)CC2)c1. The zero-order chi connectivity index (χ0) is 22.7. The Labute approximate surface area is 185 Å². The first-order valence-electron chi connectivity index (χ1n) is 10.4. The molecule has 4 rings (SSSR count). The van der Waals surface area contributed by atoms with E-state index in [0.717, 1.165) is 11.1 Å². The minimum atomic E-state index is -0.381. The molecule has 0 spiro atoms. The molecule has 1 aliphatic rings. The van der Waals surface area contributed by atoms with Crippen molar-refractivity contribution in [1.82, 2.24) is 9.88 Å². The number of nitro groups is 1. The van der Waals surface area contributed by atoms with Crippen molar-refractivity contribution in [3.05, 3.63) is 65.0 Å². The number of nitrogens with zero attached hydrogens (tertiary/aromatic N) is 4. The van der Waals surface area contributed by atoms with Crippen LogP contribution in [0.1, 0.15) is 6.92 Å². The maximum atomic E-state index is 12.8. The molecule has 166 valence electrons. The molecule has 32 heavy (non-hydrogen) atoms. The number of pyridine rings is 1. The molecule has 0 saturated carbocycles. The number of aromatic nitrogens is 1. The Morgan fingerprint density at radius 1 is 1.16 bits per heavy atom. The Hall–Kier alpha value is -3.72. The molecule has 0 bridgehead atoms. The van der Waals surface area contributed by atoms with Gasteiger partial charge in [-0.25, -0.2) is 0 Å². The van der Waals surface area contributed by atoms with Crippen LogP contribution in [0.15, 0.2) is 54.9 Å². The summed E-state index contributed by atoms with van der Waals surface area (Å²) in [5.41, 5.74) is 1.70. The van der Waals surface area contributed by atoms with E-state index in [1.54, 1.807) is 25.4 Å². The van der Waals surface area contributed by atoms with Crippen LogP contribution in [0.25, 0.3) is 10.8 Å². The molecule has 9 heteroatoms. The summed E-state index contributed by atoms with van der Waals surface area (Å²) in [6.07, 6.45) is 3.19. The number of amides is 1. The average molecular weight is 435 g/mol. The first-order valence-corrected chi connectivity index (χ1v) is 10.4. The molecule has 0 aliphatic carbocycles. The summed E-state index contributed by atoms with van der Waals surface area (Å²) in [5, 5.41) is 15.7. The fourth-order valence-electron chi connectivity index (χ4n) is 4.06. The highest BCUT2D eigenvalue weighted by atomic mass is 16.6. The van der Waals surface area contributed by atoms with Gasteiger partial charge in [0, 0.05) is 67.5 Å². The van der Waals surface area contributed by atoms with Crippen LogP contribution in [0.2, 0.25) is 0 Å². The average Bonchev–Trinajstić information content (AvgIpc) is 2.83. The van der Waals surface area contributed by atoms with Crippen molar-refractivity contribution >= 4 is 33.7 Å². The van der Waals surface area contributed by atoms with Crippen molar-refractivity contribution in [2.24, 2.45) is 0 Å². The molecule has 0 unspecified atom stereocenters. The molecule has 1 aromatic heterocycles. The Morgan fingerprint density at radius 2 is 1.94 bits per heavy atom. The molecule has 1 fully saturated rings. The summed E-state index contributed by atoms with van der Waals surface area (Å²) in [6.45, 7) is 4.74. The number of benzene rings is 2. The molecule has 1 amide bonds. The monoisotopic (exact) mass is 435 g/mol. The summed E-state index contributed by atoms with van der Waals surface area (Å²) in [7, 11) is 1.59. The first kappa shape index (κ1) is 21.5. The van der Waals surface area contributed by atoms with Crippen molar-refractivity contribution in [2.75, 3.05) is 43.5 Å². The number of ether oxygens (including phenoxy) is 1. The second kappa shape index (κ2) is 9.19. The summed E-state index contributed by atoms with van der Waals surface area (Å²) >= 11 is 0. The van der Waals surface area contributed by atoms with Crippen molar-refractivity contribution < 1.29 is 14.5 Å². The zero-order valence-electron chi connectivity index (χ0n) is 18.0. The van der Waals surface area contributed by atoms with Gasteiger partial charge in [-0.05, 0) is 31.2 Å². The summed E-state index contributed by atoms with van der Waals surface area (Å²) in [6, 6.07) is 12.1. The van der Waals surface area contributed by atoms with Gasteiger partial charge in [-0.15, -0.1) is 0 Å². The number of nitrogens with one attached hydrogen (secondary N) is 1. The van der Waals surface area contributed by atoms with E-state index < -0.39 is 0 Å². The van der Waals surface area contributed by atoms with E-state index in [4.69, 9.17) is 4.74 Å². The van der Waals surface area contributed by atoms with Gasteiger partial charge in [0.05, 0.1) is 23.5 Å². The number of piperazine rings is 1. The number of non-ortho nitro benzene ring substituents is 1. The van der Waals surface area contributed by atoms with Gasteiger partial charge >= 0.3 is 0 Å². The molecule has 1 aliphatic heterocycles. The van der Waals surface area contributed by atoms with E-state index in [9.17, 15) is 14.9 Å². The standard InChI is InChI=1S/C23H25N5O4/c1-16(23(29)25-17-4-3-5-18(14-17)32-2)26-10-12-27(13-11-26)21-6-7-22(28(30)31)20-15-24-9-8-19(20)21/h3-9,14-16H,10-13H2,1-2H3,(H,25,29)/t16-/m0/s1. The van der Waals surface area contributed by atoms with Gasteiger partial charge in [-0.2, -0.15) is 0 Å². The lowest BCUT2D eigenvalue weighted by Crippen LogP contribution is -2.52. The minimum absolute atomic E-state index is 0.0540. The van der Waals surface area contributed by atoms with Crippen molar-refractivity contribution in [3.63, 3.8) is 0 Å². The third kappa shape index (κ3) is 4.33. The molecule has 2 aromatic carbocycles. The van der Waals surface area contributed by atoms with Gasteiger partial charge in [0.25, 0.3) is 5.69 Å². The zero-order valence-corrected chi connectivity index (χ0v) is 18.0. The van der Waals surface area contributed by atoms with Gasteiger partial charge in [-0.3, -0.25) is 24.8 Å². The maximum Gasteiger partial charge on any atom is 0.278 e. The van der Waals surface area contributed by atoms with Crippen LogP contribution in [0.4, 0.5) is 17.1 Å². The second-order valence-corrected chi connectivity index (χ2v) is 7.70. The molecule has 3 aromatic rings. The van der Waals surface area contributed by atoms with E-state index in [1.165, 1.54) is 12.3 Å². The molecule has 1 atom stereocenters. The quantitative estimate of drug-likeness (QED) is 0.468. The number of hydrogen-bond donors (Lipinski definition) is 1. The third-order valence-electron chi connectivity index (χ3n) is 5.89. The second-order valence-electron chi connectivity index (χ2n) is 7.70. The Bertz CT molecular complexity index is 1140. The smallest absolute Gasteiger partial charge is 0.278 e. The van der Waals surface area contributed by atoms with Crippen LogP contribution in [-0.2, 0) is 4.79 Å². The van der Waals surface area contributed by atoms with Gasteiger partial charge in [-0.1, -0.05) is 6.07 Å². The van der Waals surface area contributed by atoms with Crippen LogP contribution in [0, 0.1) is 10.1 Å². The summed E-state index contributed by atoms with van der Waals surface area (Å²) < 4.78 is 5.21. The Kier molecular flexibility index (Phi) is 6.18. The number of methoxy groups -OCH3 is 1. The van der Waals surface area contributed by atoms with Gasteiger partial charge in [0.15, 0.2) is 0 Å². The fourth-order valence-corrected chi connectivity index (χ4v) is 4.06. The normalized spacial score (nSPS) is 15.4. The van der Waals surface area contributed by atoms with E-state index in [2.05, 4.69) is 20.1 Å². The van der Waals surface area contributed by atoms with Crippen molar-refractivity contribution in [2.45, 2.75) is 13.0 Å². The minimum Gasteiger partial charge on any atom is -0.497 e. The van der Waals surface area contributed by atoms with Gasteiger partial charge in [0.1, 0.15) is 5.75 Å². The molecule has 9 nitrogen and oxygen atoms in total. The van der Waals surface area contributed by atoms with E-state index >= 15 is 0 Å². The van der Waals surface area contributed by atoms with Crippen LogP contribution < -0.4 is 15.0 Å². The highest BCUT2D eigenvalue weighted by molar-refractivity contribution is 5.99. The van der Waals surface area contributed by atoms with Crippen LogP contribution in [-0.4, -0.2) is 60.0 Å². The third-order valence-corrected chi connectivity index (χ3v) is 5.89. The molecular weight excluding hydrogens is 410 g/mol. The molecule has 1 N–H and O–H groups in total. The summed E-state index contributed by atoms with van der Waals surface area (Å²) in [4.78, 5) is 32.1. The number of hydrogen-bond acceptors (Lipinski definition) is 7. The Morgan fingerprint density at radius 3 is 2.66 bits per heavy atom. The number of fused-ring (bicyclic) bond motifs is 1. The number of nitro benzene ring substituents is 1. The molecule has 1 saturated heterocycles. The number of carbonyl (C=O) groups is 1. The maximum absolute atomic E-state index is 12.8. The lowest BCUT2D eigenvalue weighted by atomic mass is 10.1. The van der Waals surface area contributed by atoms with Crippen LogP contribution in [0.5, 0.6) is 5.75 Å². The van der Waals surface area contributed by atoms with Crippen molar-refractivity contribution in [3.8, 4) is 5.75 Å². The van der Waals surface area contributed by atoms with E-state index in [-0.39, 0.29) is 22.6 Å². The highest BCUT2D eigenvalue weighted by Gasteiger charge is 2.27. The van der Waals surface area contributed by atoms with Crippen LogP contribution in [0.3, 0.4) is 0 Å². The highest BCUT2D eigenvalue weighted by Crippen LogP contribution is 2.33. The predicted octanol–water partition coefficient (Wildman–Crippen LogP) is 3.30. The first-order chi connectivity index (χ1) is 15.5. The molecular formula is C23H25N5O4. The van der Waals surface area contributed by atoms with E-state index in [0.29, 0.717) is 43.0 Å². The fraction of sp³-hybridized carbons (Fsp3) is 0.304. The summed E-state index contributed by atoms with van der Waals surface area (Å²) in [5.74, 6) is 0.619. The number of rotatable bonds is 6. The van der Waals surface area contributed by atoms with Crippen molar-refractivity contribution in [1.29, 1.82) is 0 Å². The van der Waals surface area contributed by atoms with Crippen LogP contribution >= 0.6 is 0 Å². The Balaban J connectivity index is 1.43. The lowest BCUT2D eigenvalue weighted by Gasteiger charge is -2.38. The lowest BCUT2D eigenvalue weighted by molar-refractivity contribution is -0.383. The largest absolute Gasteiger partial charge is 0.497 e. The topological polar surface area (TPSA) is 101 Å². The number of anilines is 2. The molecule has 2 heterocycles. The van der Waals surface area contributed by atoms with E-state index in [1.807, 2.05) is 31.2 Å². The van der Waals surface area contributed by atoms with Gasteiger partial charge < -0.3 is 15.0 Å².